The summed E-state index contributed by atoms with van der Waals surface area (Å²) < 4.78 is 48.3. The minimum atomic E-state index is -4.41. The molecule has 11 heteroatoms. The van der Waals surface area contributed by atoms with E-state index in [9.17, 15) is 27.6 Å². The highest BCUT2D eigenvalue weighted by atomic mass is 19.4. The van der Waals surface area contributed by atoms with Gasteiger partial charge < -0.3 is 19.7 Å². The van der Waals surface area contributed by atoms with Crippen molar-refractivity contribution in [2.45, 2.75) is 6.18 Å². The minimum absolute atomic E-state index is 0.0342. The van der Waals surface area contributed by atoms with Crippen LogP contribution >= 0.6 is 0 Å². The van der Waals surface area contributed by atoms with Crippen molar-refractivity contribution in [3.63, 3.8) is 0 Å². The molecule has 2 aromatic carbocycles. The fourth-order valence-corrected chi connectivity index (χ4v) is 3.62. The molecule has 0 spiro atoms. The van der Waals surface area contributed by atoms with Gasteiger partial charge in [-0.1, -0.05) is 6.07 Å². The van der Waals surface area contributed by atoms with Crippen molar-refractivity contribution in [1.29, 1.82) is 0 Å². The Bertz CT molecular complexity index is 1030. The Morgan fingerprint density at radius 3 is 2.03 bits per heavy atom. The lowest BCUT2D eigenvalue weighted by molar-refractivity contribution is -0.137. The van der Waals surface area contributed by atoms with Gasteiger partial charge >= 0.3 is 18.1 Å². The molecule has 34 heavy (non-hydrogen) atoms. The smallest absolute Gasteiger partial charge is 0.416 e. The maximum absolute atomic E-state index is 13.0. The van der Waals surface area contributed by atoms with E-state index in [1.54, 1.807) is 6.07 Å². The van der Waals surface area contributed by atoms with Crippen LogP contribution in [0.2, 0.25) is 0 Å². The molecular formula is C23H24F3N3O5. The normalized spacial score (nSPS) is 14.4. The second kappa shape index (κ2) is 10.6. The van der Waals surface area contributed by atoms with E-state index in [-0.39, 0.29) is 29.3 Å². The fraction of sp³-hybridized carbons (Fsp3) is 0.348. The number of halogens is 3. The number of amides is 1. The number of methoxy groups -OCH3 is 2. The van der Waals surface area contributed by atoms with Gasteiger partial charge in [-0.15, -0.1) is 0 Å². The molecule has 3 rings (SSSR count). The second-order valence-electron chi connectivity index (χ2n) is 7.64. The van der Waals surface area contributed by atoms with E-state index < -0.39 is 23.7 Å². The number of nitrogens with one attached hydrogen (secondary N) is 1. The third-order valence-corrected chi connectivity index (χ3v) is 5.34. The number of nitrogens with zero attached hydrogens (tertiary/aromatic N) is 2. The molecule has 0 aliphatic carbocycles. The molecule has 1 fully saturated rings. The molecule has 0 saturated carbocycles. The summed E-state index contributed by atoms with van der Waals surface area (Å²) in [6, 6.07) is 9.25. The summed E-state index contributed by atoms with van der Waals surface area (Å²) in [5, 5.41) is 2.66. The number of benzene rings is 2. The third-order valence-electron chi connectivity index (χ3n) is 5.34. The van der Waals surface area contributed by atoms with E-state index >= 15 is 0 Å². The summed E-state index contributed by atoms with van der Waals surface area (Å²) in [5.41, 5.74) is 0.169. The Labute approximate surface area is 194 Å². The Morgan fingerprint density at radius 1 is 0.912 bits per heavy atom. The van der Waals surface area contributed by atoms with Gasteiger partial charge in [-0.25, -0.2) is 9.59 Å². The molecule has 1 heterocycles. The molecule has 1 amide bonds. The van der Waals surface area contributed by atoms with Gasteiger partial charge in [0, 0.05) is 37.6 Å². The maximum atomic E-state index is 13.0. The van der Waals surface area contributed by atoms with Crippen LogP contribution < -0.4 is 10.2 Å². The van der Waals surface area contributed by atoms with Crippen LogP contribution in [-0.4, -0.2) is 69.7 Å². The van der Waals surface area contributed by atoms with E-state index in [1.165, 1.54) is 38.5 Å². The number of ether oxygens (including phenoxy) is 2. The molecule has 0 unspecified atom stereocenters. The number of hydrogen-bond acceptors (Lipinski definition) is 7. The number of hydrogen-bond donors (Lipinski definition) is 1. The first-order valence-corrected chi connectivity index (χ1v) is 10.4. The first-order chi connectivity index (χ1) is 16.1. The minimum Gasteiger partial charge on any atom is -0.465 e. The number of rotatable bonds is 6. The van der Waals surface area contributed by atoms with E-state index in [1.807, 2.05) is 9.80 Å². The monoisotopic (exact) mass is 479 g/mol. The SMILES string of the molecule is COC(=O)c1cc(NC(=O)CN2CCN(c3cccc(C(F)(F)F)c3)CC2)cc(C(=O)OC)c1. The highest BCUT2D eigenvalue weighted by Gasteiger charge is 2.31. The molecule has 0 aromatic heterocycles. The molecule has 0 atom stereocenters. The highest BCUT2D eigenvalue weighted by Crippen LogP contribution is 2.31. The van der Waals surface area contributed by atoms with E-state index in [2.05, 4.69) is 14.8 Å². The second-order valence-corrected chi connectivity index (χ2v) is 7.64. The quantitative estimate of drug-likeness (QED) is 0.638. The summed E-state index contributed by atoms with van der Waals surface area (Å²) in [7, 11) is 2.40. The Kier molecular flexibility index (Phi) is 7.77. The van der Waals surface area contributed by atoms with Crippen LogP contribution in [0.25, 0.3) is 0 Å². The van der Waals surface area contributed by atoms with Crippen molar-refractivity contribution in [2.75, 3.05) is 57.2 Å². The van der Waals surface area contributed by atoms with Crippen molar-refractivity contribution in [2.24, 2.45) is 0 Å². The fourth-order valence-electron chi connectivity index (χ4n) is 3.62. The van der Waals surface area contributed by atoms with Gasteiger partial charge in [0.2, 0.25) is 5.91 Å². The average Bonchev–Trinajstić information content (AvgIpc) is 2.82. The Balaban J connectivity index is 1.61. The van der Waals surface area contributed by atoms with Crippen LogP contribution in [-0.2, 0) is 20.4 Å². The largest absolute Gasteiger partial charge is 0.465 e. The summed E-state index contributed by atoms with van der Waals surface area (Å²) in [5.74, 6) is -1.72. The zero-order chi connectivity index (χ0) is 24.9. The van der Waals surface area contributed by atoms with Crippen molar-refractivity contribution >= 4 is 29.2 Å². The van der Waals surface area contributed by atoms with Crippen LogP contribution in [0, 0.1) is 0 Å². The van der Waals surface area contributed by atoms with E-state index in [0.29, 0.717) is 31.9 Å². The van der Waals surface area contributed by atoms with Crippen molar-refractivity contribution in [3.8, 4) is 0 Å². The summed E-state index contributed by atoms with van der Waals surface area (Å²) >= 11 is 0. The van der Waals surface area contributed by atoms with Crippen LogP contribution in [0.15, 0.2) is 42.5 Å². The van der Waals surface area contributed by atoms with Crippen LogP contribution in [0.3, 0.4) is 0 Å². The molecule has 8 nitrogen and oxygen atoms in total. The predicted molar refractivity (Wildman–Crippen MR) is 118 cm³/mol. The van der Waals surface area contributed by atoms with E-state index in [4.69, 9.17) is 0 Å². The molecule has 0 radical (unpaired) electrons. The number of alkyl halides is 3. The Morgan fingerprint density at radius 2 is 1.50 bits per heavy atom. The zero-order valence-corrected chi connectivity index (χ0v) is 18.6. The van der Waals surface area contributed by atoms with Crippen LogP contribution in [0.4, 0.5) is 24.5 Å². The topological polar surface area (TPSA) is 88.2 Å². The molecule has 182 valence electrons. The first-order valence-electron chi connectivity index (χ1n) is 10.4. The molecule has 1 aliphatic heterocycles. The zero-order valence-electron chi connectivity index (χ0n) is 18.6. The number of anilines is 2. The van der Waals surface area contributed by atoms with Gasteiger partial charge in [0.1, 0.15) is 0 Å². The van der Waals surface area contributed by atoms with Gasteiger partial charge in [0.05, 0.1) is 37.5 Å². The van der Waals surface area contributed by atoms with Crippen molar-refractivity contribution in [3.05, 3.63) is 59.2 Å². The number of carbonyl (C=O) groups is 3. The highest BCUT2D eigenvalue weighted by molar-refractivity contribution is 5.99. The standard InChI is InChI=1S/C23H24F3N3O5/c1-33-21(31)15-10-16(22(32)34-2)12-18(11-15)27-20(30)14-28-6-8-29(9-7-28)19-5-3-4-17(13-19)23(24,25)26/h3-5,10-13H,6-9,14H2,1-2H3,(H,27,30). The van der Waals surface area contributed by atoms with Gasteiger partial charge in [-0.05, 0) is 36.4 Å². The van der Waals surface area contributed by atoms with Gasteiger partial charge in [0.25, 0.3) is 0 Å². The van der Waals surface area contributed by atoms with Crippen molar-refractivity contribution < 1.29 is 37.0 Å². The van der Waals surface area contributed by atoms with Gasteiger partial charge in [-0.3, -0.25) is 9.69 Å². The van der Waals surface area contributed by atoms with Crippen molar-refractivity contribution in [1.82, 2.24) is 4.90 Å². The molecule has 1 N–H and O–H groups in total. The molecule has 1 aliphatic rings. The van der Waals surface area contributed by atoms with Crippen LogP contribution in [0.5, 0.6) is 0 Å². The third kappa shape index (κ3) is 6.25. The maximum Gasteiger partial charge on any atom is 0.416 e. The Hall–Kier alpha value is -3.60. The number of carbonyl (C=O) groups excluding carboxylic acids is 3. The summed E-state index contributed by atoms with van der Waals surface area (Å²) in [6.07, 6.45) is -4.41. The lowest BCUT2D eigenvalue weighted by atomic mass is 10.1. The lowest BCUT2D eigenvalue weighted by Gasteiger charge is -2.36. The molecule has 2 aromatic rings. The number of piperazine rings is 1. The van der Waals surface area contributed by atoms with E-state index in [0.717, 1.165) is 12.1 Å². The molecule has 1 saturated heterocycles. The molecular weight excluding hydrogens is 455 g/mol. The van der Waals surface area contributed by atoms with Gasteiger partial charge in [0.15, 0.2) is 0 Å². The van der Waals surface area contributed by atoms with Crippen LogP contribution in [0.1, 0.15) is 26.3 Å². The number of esters is 2. The summed E-state index contributed by atoms with van der Waals surface area (Å²) in [4.78, 5) is 40.1. The lowest BCUT2D eigenvalue weighted by Crippen LogP contribution is -2.48. The average molecular weight is 479 g/mol. The summed E-state index contributed by atoms with van der Waals surface area (Å²) in [6.45, 7) is 1.89. The molecule has 0 bridgehead atoms. The predicted octanol–water partition coefficient (Wildman–Crippen LogP) is 3.04. The van der Waals surface area contributed by atoms with Gasteiger partial charge in [-0.2, -0.15) is 13.2 Å². The first kappa shape index (κ1) is 25.0.